The van der Waals surface area contributed by atoms with Gasteiger partial charge in [-0.05, 0) is 51.9 Å². The van der Waals surface area contributed by atoms with Crippen molar-refractivity contribution < 1.29 is 0 Å². The maximum Gasteiger partial charge on any atom is -0.00952 e. The van der Waals surface area contributed by atoms with Crippen molar-refractivity contribution in [1.29, 1.82) is 0 Å². The molecule has 0 aliphatic heterocycles. The van der Waals surface area contributed by atoms with Gasteiger partial charge in [-0.2, -0.15) is 0 Å². The summed E-state index contributed by atoms with van der Waals surface area (Å²) >= 11 is 0. The number of hydrogen-bond donors (Lipinski definition) is 0. The number of rotatable bonds is 2. The molecule has 0 bridgehead atoms. The molecule has 2 aromatic rings. The molecule has 4 unspecified atom stereocenters. The van der Waals surface area contributed by atoms with Crippen LogP contribution in [-0.2, 0) is 0 Å². The Hall–Kier alpha value is -2.60. The minimum Gasteiger partial charge on any atom is -0.0796 e. The summed E-state index contributed by atoms with van der Waals surface area (Å²) in [5.74, 6) is 3.18. The van der Waals surface area contributed by atoms with E-state index in [0.717, 1.165) is 0 Å². The molecule has 1 saturated carbocycles. The molecule has 3 aliphatic rings. The van der Waals surface area contributed by atoms with Gasteiger partial charge in [0, 0.05) is 0 Å². The Labute approximate surface area is 156 Å². The van der Waals surface area contributed by atoms with Crippen molar-refractivity contribution in [3.05, 3.63) is 108 Å². The van der Waals surface area contributed by atoms with E-state index < -0.39 is 0 Å². The van der Waals surface area contributed by atoms with Crippen LogP contribution in [0.2, 0.25) is 0 Å². The highest BCUT2D eigenvalue weighted by Gasteiger charge is 2.46. The monoisotopic (exact) mass is 336 g/mol. The molecular formula is C26H24. The van der Waals surface area contributed by atoms with Crippen molar-refractivity contribution in [2.75, 3.05) is 0 Å². The molecule has 0 saturated heterocycles. The van der Waals surface area contributed by atoms with Gasteiger partial charge in [0.25, 0.3) is 0 Å². The molecule has 4 atom stereocenters. The molecule has 0 heterocycles. The van der Waals surface area contributed by atoms with Crippen LogP contribution in [0, 0.1) is 29.6 Å². The Morgan fingerprint density at radius 1 is 0.538 bits per heavy atom. The Balaban J connectivity index is 1.47. The normalized spacial score (nSPS) is 31.8. The zero-order valence-electron chi connectivity index (χ0n) is 15.1. The molecule has 0 radical (unpaired) electrons. The van der Waals surface area contributed by atoms with Gasteiger partial charge in [-0.3, -0.25) is 0 Å². The molecule has 26 heavy (non-hydrogen) atoms. The van der Waals surface area contributed by atoms with Gasteiger partial charge in [0.1, 0.15) is 0 Å². The SMILES string of the molecule is CC1C2C=C(c3ccccc3)C=CC2C2C=CC(c3ccccc3)=CC12. The first-order chi connectivity index (χ1) is 12.8. The fourth-order valence-electron chi connectivity index (χ4n) is 5.11. The van der Waals surface area contributed by atoms with Gasteiger partial charge in [0.05, 0.1) is 0 Å². The highest BCUT2D eigenvalue weighted by molar-refractivity contribution is 5.77. The zero-order valence-corrected chi connectivity index (χ0v) is 15.1. The van der Waals surface area contributed by atoms with Crippen molar-refractivity contribution in [3.63, 3.8) is 0 Å². The quantitative estimate of drug-likeness (QED) is 0.594. The van der Waals surface area contributed by atoms with E-state index in [0.29, 0.717) is 29.6 Å². The fourth-order valence-corrected chi connectivity index (χ4v) is 5.11. The number of hydrogen-bond acceptors (Lipinski definition) is 0. The summed E-state index contributed by atoms with van der Waals surface area (Å²) < 4.78 is 0. The van der Waals surface area contributed by atoms with E-state index in [1.807, 2.05) is 0 Å². The Morgan fingerprint density at radius 3 is 1.38 bits per heavy atom. The number of allylic oxidation sites excluding steroid dienone is 8. The Kier molecular flexibility index (Phi) is 3.78. The van der Waals surface area contributed by atoms with Crippen LogP contribution in [0.1, 0.15) is 18.1 Å². The van der Waals surface area contributed by atoms with Crippen LogP contribution >= 0.6 is 0 Å². The highest BCUT2D eigenvalue weighted by Crippen LogP contribution is 2.53. The summed E-state index contributed by atoms with van der Waals surface area (Å²) in [6.45, 7) is 2.44. The number of benzene rings is 2. The second kappa shape index (κ2) is 6.29. The van der Waals surface area contributed by atoms with Gasteiger partial charge in [-0.25, -0.2) is 0 Å². The van der Waals surface area contributed by atoms with E-state index in [4.69, 9.17) is 0 Å². The number of fused-ring (bicyclic) bond motifs is 3. The van der Waals surface area contributed by atoms with Crippen molar-refractivity contribution in [2.45, 2.75) is 6.92 Å². The van der Waals surface area contributed by atoms with Crippen LogP contribution in [0.3, 0.4) is 0 Å². The third-order valence-electron chi connectivity index (χ3n) is 6.50. The van der Waals surface area contributed by atoms with Gasteiger partial charge >= 0.3 is 0 Å². The maximum atomic E-state index is 2.53. The summed E-state index contributed by atoms with van der Waals surface area (Å²) in [5.41, 5.74) is 5.43. The van der Waals surface area contributed by atoms with Crippen LogP contribution in [-0.4, -0.2) is 0 Å². The third-order valence-corrected chi connectivity index (χ3v) is 6.50. The smallest absolute Gasteiger partial charge is 0.00952 e. The van der Waals surface area contributed by atoms with Crippen LogP contribution in [0.15, 0.2) is 97.1 Å². The van der Waals surface area contributed by atoms with E-state index >= 15 is 0 Å². The predicted molar refractivity (Wildman–Crippen MR) is 110 cm³/mol. The lowest BCUT2D eigenvalue weighted by molar-refractivity contribution is 0.416. The van der Waals surface area contributed by atoms with Crippen LogP contribution in [0.4, 0.5) is 0 Å². The molecule has 2 aromatic carbocycles. The topological polar surface area (TPSA) is 0 Å². The Morgan fingerprint density at radius 2 is 0.962 bits per heavy atom. The first-order valence-corrected chi connectivity index (χ1v) is 9.72. The van der Waals surface area contributed by atoms with Crippen molar-refractivity contribution in [3.8, 4) is 0 Å². The molecule has 0 amide bonds. The second-order valence-electron chi connectivity index (χ2n) is 7.86. The first kappa shape index (κ1) is 15.6. The predicted octanol–water partition coefficient (Wildman–Crippen LogP) is 6.41. The maximum absolute atomic E-state index is 2.53. The summed E-state index contributed by atoms with van der Waals surface area (Å²) in [7, 11) is 0. The van der Waals surface area contributed by atoms with Crippen LogP contribution in [0.5, 0.6) is 0 Å². The average molecular weight is 336 g/mol. The average Bonchev–Trinajstić information content (AvgIpc) is 3.01. The first-order valence-electron chi connectivity index (χ1n) is 9.72. The largest absolute Gasteiger partial charge is 0.0796 e. The van der Waals surface area contributed by atoms with E-state index in [1.54, 1.807) is 0 Å². The third kappa shape index (κ3) is 2.52. The lowest BCUT2D eigenvalue weighted by Crippen LogP contribution is -2.16. The molecule has 0 nitrogen and oxygen atoms in total. The standard InChI is InChI=1S/C26H24/c1-18-25-16-21(19-8-4-2-5-9-19)12-14-23(25)24-15-13-22(17-26(18)24)20-10-6-3-7-11-20/h2-18,23-26H,1H3. The Bertz CT molecular complexity index is 834. The van der Waals surface area contributed by atoms with Crippen LogP contribution in [0.25, 0.3) is 11.1 Å². The molecular weight excluding hydrogens is 312 g/mol. The van der Waals surface area contributed by atoms with E-state index in [1.165, 1.54) is 22.3 Å². The summed E-state index contributed by atoms with van der Waals surface area (Å²) in [5, 5.41) is 0. The molecule has 5 rings (SSSR count). The molecule has 128 valence electrons. The van der Waals surface area contributed by atoms with Gasteiger partial charge in [0.15, 0.2) is 0 Å². The summed E-state index contributed by atoms with van der Waals surface area (Å²) in [4.78, 5) is 0. The van der Waals surface area contributed by atoms with Crippen molar-refractivity contribution in [2.24, 2.45) is 29.6 Å². The van der Waals surface area contributed by atoms with Crippen LogP contribution < -0.4 is 0 Å². The molecule has 0 aromatic heterocycles. The van der Waals surface area contributed by atoms with Gasteiger partial charge < -0.3 is 0 Å². The van der Waals surface area contributed by atoms with Gasteiger partial charge in [-0.1, -0.05) is 104 Å². The molecule has 0 N–H and O–H groups in total. The zero-order chi connectivity index (χ0) is 17.5. The van der Waals surface area contributed by atoms with E-state index in [2.05, 4.69) is 104 Å². The van der Waals surface area contributed by atoms with E-state index in [-0.39, 0.29) is 0 Å². The fraction of sp³-hybridized carbons (Fsp3) is 0.231. The minimum absolute atomic E-state index is 0.626. The minimum atomic E-state index is 0.626. The summed E-state index contributed by atoms with van der Waals surface area (Å²) in [6, 6.07) is 21.6. The van der Waals surface area contributed by atoms with E-state index in [9.17, 15) is 0 Å². The van der Waals surface area contributed by atoms with Crippen molar-refractivity contribution in [1.82, 2.24) is 0 Å². The lowest BCUT2D eigenvalue weighted by atomic mass is 9.79. The second-order valence-corrected chi connectivity index (χ2v) is 7.86. The van der Waals surface area contributed by atoms with Crippen molar-refractivity contribution >= 4 is 11.1 Å². The van der Waals surface area contributed by atoms with Gasteiger partial charge in [-0.15, -0.1) is 0 Å². The molecule has 0 spiro atoms. The molecule has 0 heteroatoms. The summed E-state index contributed by atoms with van der Waals surface area (Å²) in [6.07, 6.45) is 14.7. The lowest BCUT2D eigenvalue weighted by Gasteiger charge is -2.25. The van der Waals surface area contributed by atoms with Gasteiger partial charge in [0.2, 0.25) is 0 Å². The highest BCUT2D eigenvalue weighted by atomic mass is 14.5. The molecule has 1 fully saturated rings. The molecule has 3 aliphatic carbocycles.